The molecule has 156 valence electrons. The van der Waals surface area contributed by atoms with E-state index < -0.39 is 0 Å². The largest absolute Gasteiger partial charge is 0.384 e. The second-order valence-electron chi connectivity index (χ2n) is 7.05. The van der Waals surface area contributed by atoms with Crippen molar-refractivity contribution in [3.05, 3.63) is 101 Å². The zero-order valence-electron chi connectivity index (χ0n) is 16.6. The maximum atomic E-state index is 13.0. The van der Waals surface area contributed by atoms with Gasteiger partial charge in [0.25, 0.3) is 5.91 Å². The van der Waals surface area contributed by atoms with Crippen LogP contribution in [0.25, 0.3) is 16.9 Å². The SMILES string of the molecule is Nc1cc(-c2ccc(Cl)cc2)nn1-c1ccc(C(=O)NCCc2ccc(F)cc2)cc1. The zero-order chi connectivity index (χ0) is 21.8. The van der Waals surface area contributed by atoms with Crippen molar-refractivity contribution in [3.63, 3.8) is 0 Å². The van der Waals surface area contributed by atoms with Gasteiger partial charge in [-0.1, -0.05) is 35.9 Å². The molecule has 4 aromatic rings. The predicted molar refractivity (Wildman–Crippen MR) is 121 cm³/mol. The molecule has 31 heavy (non-hydrogen) atoms. The van der Waals surface area contributed by atoms with Crippen molar-refractivity contribution < 1.29 is 9.18 Å². The first-order valence-corrected chi connectivity index (χ1v) is 10.1. The topological polar surface area (TPSA) is 72.9 Å². The number of amides is 1. The molecular formula is C24H20ClFN4O. The number of halogens is 2. The van der Waals surface area contributed by atoms with Gasteiger partial charge in [-0.2, -0.15) is 5.10 Å². The average molecular weight is 435 g/mol. The minimum Gasteiger partial charge on any atom is -0.384 e. The maximum Gasteiger partial charge on any atom is 0.251 e. The third-order valence-corrected chi connectivity index (χ3v) is 5.12. The lowest BCUT2D eigenvalue weighted by Crippen LogP contribution is -2.25. The summed E-state index contributed by atoms with van der Waals surface area (Å²) in [5.74, 6) is 0.0383. The summed E-state index contributed by atoms with van der Waals surface area (Å²) in [6, 6.07) is 22.5. The zero-order valence-corrected chi connectivity index (χ0v) is 17.3. The highest BCUT2D eigenvalue weighted by atomic mass is 35.5. The van der Waals surface area contributed by atoms with Crippen LogP contribution < -0.4 is 11.1 Å². The Balaban J connectivity index is 1.41. The number of aromatic nitrogens is 2. The minimum absolute atomic E-state index is 0.177. The summed E-state index contributed by atoms with van der Waals surface area (Å²) in [4.78, 5) is 12.4. The molecule has 0 fully saturated rings. The quantitative estimate of drug-likeness (QED) is 0.454. The number of nitrogens with two attached hydrogens (primary N) is 1. The summed E-state index contributed by atoms with van der Waals surface area (Å²) in [6.07, 6.45) is 0.626. The molecule has 0 aliphatic carbocycles. The summed E-state index contributed by atoms with van der Waals surface area (Å²) in [7, 11) is 0. The molecule has 0 radical (unpaired) electrons. The van der Waals surface area contributed by atoms with Gasteiger partial charge in [0.05, 0.1) is 11.4 Å². The number of carbonyl (C=O) groups excluding carboxylic acids is 1. The molecule has 1 aromatic heterocycles. The molecule has 0 unspecified atom stereocenters. The van der Waals surface area contributed by atoms with Crippen molar-refractivity contribution in [2.45, 2.75) is 6.42 Å². The van der Waals surface area contributed by atoms with E-state index in [2.05, 4.69) is 10.4 Å². The Labute approximate surface area is 184 Å². The van der Waals surface area contributed by atoms with Crippen molar-refractivity contribution in [2.24, 2.45) is 0 Å². The summed E-state index contributed by atoms with van der Waals surface area (Å²) >= 11 is 5.94. The number of hydrogen-bond acceptors (Lipinski definition) is 3. The van der Waals surface area contributed by atoms with Crippen LogP contribution >= 0.6 is 11.6 Å². The van der Waals surface area contributed by atoms with Crippen LogP contribution in [0.5, 0.6) is 0 Å². The van der Waals surface area contributed by atoms with Crippen LogP contribution in [-0.4, -0.2) is 22.2 Å². The van der Waals surface area contributed by atoms with E-state index in [1.54, 1.807) is 59.3 Å². The second-order valence-corrected chi connectivity index (χ2v) is 7.49. The second kappa shape index (κ2) is 9.02. The van der Waals surface area contributed by atoms with Crippen LogP contribution in [0.1, 0.15) is 15.9 Å². The fourth-order valence-electron chi connectivity index (χ4n) is 3.19. The Morgan fingerprint density at radius 1 is 1.00 bits per heavy atom. The van der Waals surface area contributed by atoms with Gasteiger partial charge in [-0.15, -0.1) is 0 Å². The molecule has 0 aliphatic heterocycles. The Morgan fingerprint density at radius 2 is 1.68 bits per heavy atom. The third-order valence-electron chi connectivity index (χ3n) is 4.86. The fraction of sp³-hybridized carbons (Fsp3) is 0.0833. The van der Waals surface area contributed by atoms with Gasteiger partial charge in [0.1, 0.15) is 11.6 Å². The summed E-state index contributed by atoms with van der Waals surface area (Å²) in [6.45, 7) is 0.461. The van der Waals surface area contributed by atoms with E-state index in [0.29, 0.717) is 29.4 Å². The molecule has 0 atom stereocenters. The van der Waals surface area contributed by atoms with Gasteiger partial charge < -0.3 is 11.1 Å². The van der Waals surface area contributed by atoms with Crippen LogP contribution in [0.3, 0.4) is 0 Å². The number of hydrogen-bond donors (Lipinski definition) is 2. The molecule has 5 nitrogen and oxygen atoms in total. The maximum absolute atomic E-state index is 13.0. The number of benzene rings is 3. The number of anilines is 1. The molecule has 1 heterocycles. The summed E-state index contributed by atoms with van der Waals surface area (Å²) in [5.41, 5.74) is 10.0. The number of nitrogens with one attached hydrogen (secondary N) is 1. The van der Waals surface area contributed by atoms with Crippen LogP contribution in [0.15, 0.2) is 78.9 Å². The highest BCUT2D eigenvalue weighted by Crippen LogP contribution is 2.24. The Kier molecular flexibility index (Phi) is 6.00. The van der Waals surface area contributed by atoms with Crippen LogP contribution in [0.2, 0.25) is 5.02 Å². The first-order valence-electron chi connectivity index (χ1n) is 9.74. The van der Waals surface area contributed by atoms with Gasteiger partial charge in [0, 0.05) is 28.8 Å². The molecular weight excluding hydrogens is 415 g/mol. The molecule has 1 amide bonds. The Bertz CT molecular complexity index is 1190. The first-order chi connectivity index (χ1) is 15.0. The van der Waals surface area contributed by atoms with Crippen molar-refractivity contribution in [2.75, 3.05) is 12.3 Å². The molecule has 0 bridgehead atoms. The number of nitrogen functional groups attached to an aromatic ring is 1. The van der Waals surface area contributed by atoms with E-state index in [0.717, 1.165) is 22.5 Å². The van der Waals surface area contributed by atoms with E-state index in [4.69, 9.17) is 17.3 Å². The minimum atomic E-state index is -0.272. The molecule has 0 spiro atoms. The average Bonchev–Trinajstić information content (AvgIpc) is 3.17. The van der Waals surface area contributed by atoms with E-state index in [-0.39, 0.29) is 11.7 Å². The predicted octanol–water partition coefficient (Wildman–Crippen LogP) is 4.89. The van der Waals surface area contributed by atoms with E-state index in [9.17, 15) is 9.18 Å². The lowest BCUT2D eigenvalue weighted by Gasteiger charge is -2.08. The van der Waals surface area contributed by atoms with E-state index in [1.165, 1.54) is 12.1 Å². The number of carbonyl (C=O) groups is 1. The summed E-state index contributed by atoms with van der Waals surface area (Å²) in [5, 5.41) is 8.09. The van der Waals surface area contributed by atoms with Crippen molar-refractivity contribution in [1.82, 2.24) is 15.1 Å². The lowest BCUT2D eigenvalue weighted by molar-refractivity contribution is 0.0954. The monoisotopic (exact) mass is 434 g/mol. The van der Waals surface area contributed by atoms with E-state index in [1.807, 2.05) is 12.1 Å². The highest BCUT2D eigenvalue weighted by Gasteiger charge is 2.11. The lowest BCUT2D eigenvalue weighted by atomic mass is 10.1. The van der Waals surface area contributed by atoms with Gasteiger partial charge in [-0.05, 0) is 60.5 Å². The van der Waals surface area contributed by atoms with Crippen LogP contribution in [0, 0.1) is 5.82 Å². The molecule has 0 saturated heterocycles. The fourth-order valence-corrected chi connectivity index (χ4v) is 3.32. The molecule has 0 saturated carbocycles. The van der Waals surface area contributed by atoms with Crippen molar-refractivity contribution in [3.8, 4) is 16.9 Å². The first kappa shape index (κ1) is 20.6. The molecule has 4 rings (SSSR count). The van der Waals surface area contributed by atoms with Crippen LogP contribution in [0.4, 0.5) is 10.2 Å². The Hall–Kier alpha value is -3.64. The van der Waals surface area contributed by atoms with Crippen molar-refractivity contribution in [1.29, 1.82) is 0 Å². The number of nitrogens with zero attached hydrogens (tertiary/aromatic N) is 2. The van der Waals surface area contributed by atoms with Crippen molar-refractivity contribution >= 4 is 23.3 Å². The number of rotatable bonds is 6. The third kappa shape index (κ3) is 4.92. The molecule has 0 aliphatic rings. The Morgan fingerprint density at radius 3 is 2.35 bits per heavy atom. The molecule has 7 heteroatoms. The van der Waals surface area contributed by atoms with Gasteiger partial charge in [-0.3, -0.25) is 4.79 Å². The smallest absolute Gasteiger partial charge is 0.251 e. The highest BCUT2D eigenvalue weighted by molar-refractivity contribution is 6.30. The van der Waals surface area contributed by atoms with E-state index >= 15 is 0 Å². The van der Waals surface area contributed by atoms with Gasteiger partial charge in [0.15, 0.2) is 0 Å². The normalized spacial score (nSPS) is 10.8. The molecule has 3 N–H and O–H groups in total. The van der Waals surface area contributed by atoms with Gasteiger partial charge in [0.2, 0.25) is 0 Å². The van der Waals surface area contributed by atoms with Gasteiger partial charge >= 0.3 is 0 Å². The van der Waals surface area contributed by atoms with Crippen LogP contribution in [-0.2, 0) is 6.42 Å². The standard InChI is InChI=1S/C24H20ClFN4O/c25-19-7-3-17(4-8-19)22-15-23(27)30(29-22)21-11-5-18(6-12-21)24(31)28-14-13-16-1-9-20(26)10-2-16/h1-12,15H,13-14,27H2,(H,28,31). The molecule has 3 aromatic carbocycles. The summed E-state index contributed by atoms with van der Waals surface area (Å²) < 4.78 is 14.6. The van der Waals surface area contributed by atoms with Gasteiger partial charge in [-0.25, -0.2) is 9.07 Å².